The van der Waals surface area contributed by atoms with Crippen molar-refractivity contribution in [3.8, 4) is 17.1 Å². The molecular weight excluding hydrogens is 369 g/mol. The lowest BCUT2D eigenvalue weighted by molar-refractivity contribution is 0.101. The van der Waals surface area contributed by atoms with E-state index >= 15 is 0 Å². The molecule has 0 unspecified atom stereocenters. The predicted molar refractivity (Wildman–Crippen MR) is 101 cm³/mol. The third kappa shape index (κ3) is 3.61. The van der Waals surface area contributed by atoms with Gasteiger partial charge in [0.1, 0.15) is 17.2 Å². The van der Waals surface area contributed by atoms with Gasteiger partial charge < -0.3 is 9.73 Å². The van der Waals surface area contributed by atoms with Crippen LogP contribution in [0.2, 0.25) is 5.02 Å². The highest BCUT2D eigenvalue weighted by molar-refractivity contribution is 6.30. The quantitative estimate of drug-likeness (QED) is 0.530. The van der Waals surface area contributed by atoms with Gasteiger partial charge in [-0.25, -0.2) is 9.07 Å². The van der Waals surface area contributed by atoms with E-state index in [9.17, 15) is 9.18 Å². The van der Waals surface area contributed by atoms with Gasteiger partial charge in [0.2, 0.25) is 0 Å². The standard InChI is InChI=1S/C20H13ClFN3O2/c21-13-3-9-16(10-4-13)25-18(12-17(24-25)19-2-1-11-27-19)20(26)23-15-7-5-14(22)6-8-15/h1-12H,(H,23,26). The summed E-state index contributed by atoms with van der Waals surface area (Å²) in [4.78, 5) is 12.8. The molecule has 0 saturated heterocycles. The van der Waals surface area contributed by atoms with Crippen molar-refractivity contribution in [3.05, 3.63) is 89.5 Å². The van der Waals surface area contributed by atoms with E-state index in [-0.39, 0.29) is 11.7 Å². The van der Waals surface area contributed by atoms with E-state index < -0.39 is 0 Å². The van der Waals surface area contributed by atoms with Crippen molar-refractivity contribution in [3.63, 3.8) is 0 Å². The number of hydrogen-bond donors (Lipinski definition) is 1. The Hall–Kier alpha value is -3.38. The minimum Gasteiger partial charge on any atom is -0.463 e. The molecule has 0 spiro atoms. The van der Waals surface area contributed by atoms with Gasteiger partial charge in [-0.05, 0) is 60.7 Å². The fraction of sp³-hybridized carbons (Fsp3) is 0. The Kier molecular flexibility index (Phi) is 4.48. The van der Waals surface area contributed by atoms with Gasteiger partial charge in [0, 0.05) is 16.8 Å². The van der Waals surface area contributed by atoms with Crippen molar-refractivity contribution < 1.29 is 13.6 Å². The van der Waals surface area contributed by atoms with Crippen LogP contribution in [0.15, 0.2) is 77.4 Å². The number of halogens is 2. The second-order valence-corrected chi connectivity index (χ2v) is 6.18. The van der Waals surface area contributed by atoms with Crippen LogP contribution in [0.25, 0.3) is 17.1 Å². The van der Waals surface area contributed by atoms with Gasteiger partial charge in [-0.15, -0.1) is 0 Å². The van der Waals surface area contributed by atoms with Crippen molar-refractivity contribution in [2.45, 2.75) is 0 Å². The fourth-order valence-corrected chi connectivity index (χ4v) is 2.72. The van der Waals surface area contributed by atoms with Crippen molar-refractivity contribution in [2.24, 2.45) is 0 Å². The molecule has 2 aromatic carbocycles. The Bertz CT molecular complexity index is 1070. The number of carbonyl (C=O) groups excluding carboxylic acids is 1. The maximum absolute atomic E-state index is 13.1. The summed E-state index contributed by atoms with van der Waals surface area (Å²) < 4.78 is 20.0. The van der Waals surface area contributed by atoms with Gasteiger partial charge in [-0.2, -0.15) is 5.10 Å². The van der Waals surface area contributed by atoms with Crippen molar-refractivity contribution in [2.75, 3.05) is 5.32 Å². The topological polar surface area (TPSA) is 60.1 Å². The largest absolute Gasteiger partial charge is 0.463 e. The summed E-state index contributed by atoms with van der Waals surface area (Å²) in [5, 5.41) is 7.81. The van der Waals surface area contributed by atoms with Crippen LogP contribution in [0, 0.1) is 5.82 Å². The zero-order valence-electron chi connectivity index (χ0n) is 13.9. The van der Waals surface area contributed by atoms with Crippen LogP contribution in [0.4, 0.5) is 10.1 Å². The number of furan rings is 1. The minimum absolute atomic E-state index is 0.299. The van der Waals surface area contributed by atoms with Crippen LogP contribution in [0.5, 0.6) is 0 Å². The molecule has 0 aliphatic heterocycles. The summed E-state index contributed by atoms with van der Waals surface area (Å²) in [7, 11) is 0. The number of amides is 1. The van der Waals surface area contributed by atoms with E-state index in [2.05, 4.69) is 10.4 Å². The van der Waals surface area contributed by atoms with Crippen molar-refractivity contribution in [1.29, 1.82) is 0 Å². The molecule has 4 rings (SSSR count). The zero-order chi connectivity index (χ0) is 18.8. The molecule has 1 N–H and O–H groups in total. The van der Waals surface area contributed by atoms with Gasteiger partial charge in [0.25, 0.3) is 5.91 Å². The number of anilines is 1. The average Bonchev–Trinajstić information content (AvgIpc) is 3.33. The molecule has 0 bridgehead atoms. The Balaban J connectivity index is 1.74. The maximum Gasteiger partial charge on any atom is 0.274 e. The zero-order valence-corrected chi connectivity index (χ0v) is 14.7. The molecule has 2 heterocycles. The Morgan fingerprint density at radius 2 is 1.81 bits per heavy atom. The van der Waals surface area contributed by atoms with Crippen LogP contribution >= 0.6 is 11.6 Å². The summed E-state index contributed by atoms with van der Waals surface area (Å²) in [5.74, 6) is -0.222. The summed E-state index contributed by atoms with van der Waals surface area (Å²) in [6, 6.07) is 17.6. The number of nitrogens with zero attached hydrogens (tertiary/aromatic N) is 2. The number of nitrogens with one attached hydrogen (secondary N) is 1. The summed E-state index contributed by atoms with van der Waals surface area (Å²) >= 11 is 5.95. The van der Waals surface area contributed by atoms with E-state index in [4.69, 9.17) is 16.0 Å². The van der Waals surface area contributed by atoms with Gasteiger partial charge in [0.05, 0.1) is 12.0 Å². The highest BCUT2D eigenvalue weighted by atomic mass is 35.5. The molecule has 2 aromatic heterocycles. The lowest BCUT2D eigenvalue weighted by Gasteiger charge is -2.08. The first-order chi connectivity index (χ1) is 13.1. The van der Waals surface area contributed by atoms with E-state index in [1.165, 1.54) is 35.2 Å². The molecule has 0 aliphatic carbocycles. The molecule has 4 aromatic rings. The molecule has 7 heteroatoms. The molecule has 5 nitrogen and oxygen atoms in total. The maximum atomic E-state index is 13.1. The summed E-state index contributed by atoms with van der Waals surface area (Å²) in [5.41, 5.74) is 1.96. The van der Waals surface area contributed by atoms with Crippen molar-refractivity contribution >= 4 is 23.2 Å². The van der Waals surface area contributed by atoms with Gasteiger partial charge in [-0.3, -0.25) is 4.79 Å². The predicted octanol–water partition coefficient (Wildman–Crippen LogP) is 5.18. The van der Waals surface area contributed by atoms with E-state index in [1.54, 1.807) is 42.5 Å². The third-order valence-corrected chi connectivity index (χ3v) is 4.14. The average molecular weight is 382 g/mol. The highest BCUT2D eigenvalue weighted by Gasteiger charge is 2.19. The SMILES string of the molecule is O=C(Nc1ccc(F)cc1)c1cc(-c2ccco2)nn1-c1ccc(Cl)cc1. The first-order valence-corrected chi connectivity index (χ1v) is 8.45. The lowest BCUT2D eigenvalue weighted by Crippen LogP contribution is -2.16. The Labute approximate surface area is 159 Å². The molecular formula is C20H13ClFN3O2. The van der Waals surface area contributed by atoms with Crippen LogP contribution in [-0.2, 0) is 0 Å². The van der Waals surface area contributed by atoms with Gasteiger partial charge in [-0.1, -0.05) is 11.6 Å². The van der Waals surface area contributed by atoms with Crippen molar-refractivity contribution in [1.82, 2.24) is 9.78 Å². The van der Waals surface area contributed by atoms with Crippen LogP contribution < -0.4 is 5.32 Å². The van der Waals surface area contributed by atoms with Crippen LogP contribution in [0.3, 0.4) is 0 Å². The Morgan fingerprint density at radius 3 is 2.48 bits per heavy atom. The first kappa shape index (κ1) is 17.1. The van der Waals surface area contributed by atoms with Crippen LogP contribution in [0.1, 0.15) is 10.5 Å². The molecule has 1 amide bonds. The van der Waals surface area contributed by atoms with E-state index in [0.717, 1.165) is 0 Å². The number of benzene rings is 2. The Morgan fingerprint density at radius 1 is 1.07 bits per heavy atom. The van der Waals surface area contributed by atoms with Crippen LogP contribution in [-0.4, -0.2) is 15.7 Å². The summed E-state index contributed by atoms with van der Waals surface area (Å²) in [6.07, 6.45) is 1.54. The second-order valence-electron chi connectivity index (χ2n) is 5.74. The molecule has 27 heavy (non-hydrogen) atoms. The van der Waals surface area contributed by atoms with Gasteiger partial charge >= 0.3 is 0 Å². The lowest BCUT2D eigenvalue weighted by atomic mass is 10.2. The second kappa shape index (κ2) is 7.09. The van der Waals surface area contributed by atoms with Gasteiger partial charge in [0.15, 0.2) is 5.76 Å². The molecule has 0 saturated carbocycles. The number of carbonyl (C=O) groups is 1. The van der Waals surface area contributed by atoms with E-state index in [0.29, 0.717) is 33.5 Å². The normalized spacial score (nSPS) is 10.7. The molecule has 0 radical (unpaired) electrons. The third-order valence-electron chi connectivity index (χ3n) is 3.89. The highest BCUT2D eigenvalue weighted by Crippen LogP contribution is 2.24. The first-order valence-electron chi connectivity index (χ1n) is 8.07. The summed E-state index contributed by atoms with van der Waals surface area (Å²) in [6.45, 7) is 0. The minimum atomic E-state index is -0.387. The number of hydrogen-bond acceptors (Lipinski definition) is 3. The van der Waals surface area contributed by atoms with E-state index in [1.807, 2.05) is 0 Å². The molecule has 0 aliphatic rings. The number of aromatic nitrogens is 2. The fourth-order valence-electron chi connectivity index (χ4n) is 2.60. The molecule has 134 valence electrons. The monoisotopic (exact) mass is 381 g/mol. The molecule has 0 fully saturated rings. The molecule has 0 atom stereocenters. The number of rotatable bonds is 4. The smallest absolute Gasteiger partial charge is 0.274 e.